The summed E-state index contributed by atoms with van der Waals surface area (Å²) in [4.78, 5) is 11.5. The first-order chi connectivity index (χ1) is 13.0. The van der Waals surface area contributed by atoms with Gasteiger partial charge in [0.15, 0.2) is 5.78 Å². The van der Waals surface area contributed by atoms with Gasteiger partial charge in [-0.2, -0.15) is 4.72 Å². The van der Waals surface area contributed by atoms with Crippen LogP contribution >= 0.6 is 0 Å². The Morgan fingerprint density at radius 1 is 0.963 bits per heavy atom. The summed E-state index contributed by atoms with van der Waals surface area (Å²) in [6.45, 7) is 1.61. The van der Waals surface area contributed by atoms with Crippen LogP contribution in [-0.4, -0.2) is 20.9 Å². The van der Waals surface area contributed by atoms with Crippen molar-refractivity contribution < 1.29 is 13.2 Å². The Morgan fingerprint density at radius 3 is 2.11 bits per heavy atom. The monoisotopic (exact) mass is 384 g/mol. The fraction of sp³-hybridized carbons (Fsp3) is 0.381. The minimum atomic E-state index is -3.62. The van der Waals surface area contributed by atoms with Crippen molar-refractivity contribution in [2.45, 2.75) is 50.3 Å². The van der Waals surface area contributed by atoms with Crippen molar-refractivity contribution in [3.05, 3.63) is 58.1 Å². The fourth-order valence-corrected chi connectivity index (χ4v) is 5.12. The van der Waals surface area contributed by atoms with E-state index in [1.807, 2.05) is 0 Å². The Hall–Kier alpha value is -2.18. The number of aryl methyl sites for hydroxylation is 2. The summed E-state index contributed by atoms with van der Waals surface area (Å²) < 4.78 is 27.7. The smallest absolute Gasteiger partial charge is 0.242 e. The van der Waals surface area contributed by atoms with Crippen molar-refractivity contribution in [3.8, 4) is 0 Å². The van der Waals surface area contributed by atoms with Gasteiger partial charge in [-0.1, -0.05) is 18.2 Å². The molecule has 2 aromatic carbocycles. The minimum Gasteiger partial charge on any atom is -0.371 e. The molecule has 0 saturated carbocycles. The number of sulfonamides is 1. The van der Waals surface area contributed by atoms with Crippen LogP contribution in [0.25, 0.3) is 0 Å². The SMILES string of the molecule is CC(=O)c1ccc(S(=O)(=O)NCNc2c3c(cc4c2CCC4)CCC3)cc1. The van der Waals surface area contributed by atoms with E-state index in [2.05, 4.69) is 16.1 Å². The van der Waals surface area contributed by atoms with Gasteiger partial charge in [-0.15, -0.1) is 0 Å². The van der Waals surface area contributed by atoms with E-state index in [9.17, 15) is 13.2 Å². The normalized spacial score (nSPS) is 15.4. The van der Waals surface area contributed by atoms with Gasteiger partial charge in [0.1, 0.15) is 0 Å². The molecule has 0 aliphatic heterocycles. The van der Waals surface area contributed by atoms with Gasteiger partial charge < -0.3 is 5.32 Å². The number of hydrogen-bond acceptors (Lipinski definition) is 4. The predicted molar refractivity (Wildman–Crippen MR) is 106 cm³/mol. The Morgan fingerprint density at radius 2 is 1.56 bits per heavy atom. The summed E-state index contributed by atoms with van der Waals surface area (Å²) in [6, 6.07) is 8.38. The molecule has 2 aliphatic carbocycles. The lowest BCUT2D eigenvalue weighted by atomic mass is 9.99. The summed E-state index contributed by atoms with van der Waals surface area (Å²) >= 11 is 0. The van der Waals surface area contributed by atoms with E-state index < -0.39 is 10.0 Å². The number of rotatable bonds is 6. The standard InChI is InChI=1S/C21H24N2O3S/c1-14(24)15-8-10-18(11-9-15)27(25,26)23-13-22-21-19-6-2-4-16(19)12-17-5-3-7-20(17)21/h8-12,22-23H,2-7,13H2,1H3. The molecule has 27 heavy (non-hydrogen) atoms. The van der Waals surface area contributed by atoms with Crippen molar-refractivity contribution in [1.29, 1.82) is 0 Å². The molecule has 0 radical (unpaired) electrons. The van der Waals surface area contributed by atoms with Crippen LogP contribution in [0.15, 0.2) is 35.2 Å². The maximum absolute atomic E-state index is 12.5. The third-order valence-corrected chi connectivity index (χ3v) is 6.99. The Kier molecular flexibility index (Phi) is 4.78. The summed E-state index contributed by atoms with van der Waals surface area (Å²) in [6.07, 6.45) is 6.69. The first-order valence-corrected chi connectivity index (χ1v) is 10.9. The third kappa shape index (κ3) is 3.51. The van der Waals surface area contributed by atoms with Crippen molar-refractivity contribution in [2.75, 3.05) is 12.0 Å². The molecule has 0 unspecified atom stereocenters. The van der Waals surface area contributed by atoms with Gasteiger partial charge in [-0.25, -0.2) is 8.42 Å². The minimum absolute atomic E-state index is 0.0830. The zero-order chi connectivity index (χ0) is 19.0. The molecule has 5 nitrogen and oxygen atoms in total. The molecule has 0 aromatic heterocycles. The zero-order valence-corrected chi connectivity index (χ0v) is 16.3. The number of benzene rings is 2. The second-order valence-electron chi connectivity index (χ2n) is 7.32. The fourth-order valence-electron chi connectivity index (χ4n) is 4.20. The lowest BCUT2D eigenvalue weighted by molar-refractivity contribution is 0.101. The summed E-state index contributed by atoms with van der Waals surface area (Å²) in [5, 5.41) is 3.36. The zero-order valence-electron chi connectivity index (χ0n) is 15.5. The van der Waals surface area contributed by atoms with Crippen molar-refractivity contribution in [3.63, 3.8) is 0 Å². The highest BCUT2D eigenvalue weighted by atomic mass is 32.2. The maximum atomic E-state index is 12.5. The Labute approximate surface area is 160 Å². The Balaban J connectivity index is 1.49. The van der Waals surface area contributed by atoms with E-state index in [1.54, 1.807) is 12.1 Å². The summed E-state index contributed by atoms with van der Waals surface area (Å²) in [7, 11) is -3.62. The predicted octanol–water partition coefficient (Wildman–Crippen LogP) is 3.21. The molecular weight excluding hydrogens is 360 g/mol. The lowest BCUT2D eigenvalue weighted by Gasteiger charge is -2.17. The van der Waals surface area contributed by atoms with E-state index in [4.69, 9.17) is 0 Å². The lowest BCUT2D eigenvalue weighted by Crippen LogP contribution is -2.29. The molecule has 6 heteroatoms. The Bertz CT molecular complexity index is 963. The molecule has 2 aromatic rings. The van der Waals surface area contributed by atoms with Gasteiger partial charge in [0, 0.05) is 11.3 Å². The second-order valence-corrected chi connectivity index (χ2v) is 9.08. The average molecular weight is 385 g/mol. The van der Waals surface area contributed by atoms with Crippen molar-refractivity contribution >= 4 is 21.5 Å². The highest BCUT2D eigenvalue weighted by molar-refractivity contribution is 7.89. The molecule has 0 bridgehead atoms. The van der Waals surface area contributed by atoms with E-state index in [0.29, 0.717) is 5.56 Å². The number of carbonyl (C=O) groups is 1. The molecule has 2 N–H and O–H groups in total. The van der Waals surface area contributed by atoms with Crippen molar-refractivity contribution in [1.82, 2.24) is 4.72 Å². The molecule has 4 rings (SSSR count). The van der Waals surface area contributed by atoms with Crippen LogP contribution < -0.4 is 10.0 Å². The van der Waals surface area contributed by atoms with Crippen LogP contribution in [0.3, 0.4) is 0 Å². The molecule has 0 atom stereocenters. The van der Waals surface area contributed by atoms with E-state index >= 15 is 0 Å². The average Bonchev–Trinajstić information content (AvgIpc) is 3.30. The molecule has 0 spiro atoms. The van der Waals surface area contributed by atoms with Crippen molar-refractivity contribution in [2.24, 2.45) is 0 Å². The molecule has 0 heterocycles. The van der Waals surface area contributed by atoms with Crippen LogP contribution in [0.5, 0.6) is 0 Å². The molecule has 2 aliphatic rings. The molecule has 0 saturated heterocycles. The summed E-state index contributed by atoms with van der Waals surface area (Å²) in [5.41, 5.74) is 7.21. The number of Topliss-reactive ketones (excluding diaryl/α,β-unsaturated/α-hetero) is 1. The van der Waals surface area contributed by atoms with Crippen LogP contribution in [-0.2, 0) is 35.7 Å². The van der Waals surface area contributed by atoms with Crippen LogP contribution in [0.4, 0.5) is 5.69 Å². The van der Waals surface area contributed by atoms with Gasteiger partial charge >= 0.3 is 0 Å². The number of hydrogen-bond donors (Lipinski definition) is 2. The van der Waals surface area contributed by atoms with Gasteiger partial charge in [0.25, 0.3) is 0 Å². The van der Waals surface area contributed by atoms with E-state index in [1.165, 1.54) is 54.2 Å². The maximum Gasteiger partial charge on any atom is 0.242 e. The van der Waals surface area contributed by atoms with E-state index in [0.717, 1.165) is 31.4 Å². The summed E-state index contributed by atoms with van der Waals surface area (Å²) in [5.74, 6) is -0.0830. The van der Waals surface area contributed by atoms with Gasteiger partial charge in [-0.3, -0.25) is 4.79 Å². The van der Waals surface area contributed by atoms with Gasteiger partial charge in [0.05, 0.1) is 11.6 Å². The number of anilines is 1. The second kappa shape index (κ2) is 7.09. The van der Waals surface area contributed by atoms with Crippen LogP contribution in [0, 0.1) is 0 Å². The van der Waals surface area contributed by atoms with Crippen LogP contribution in [0.1, 0.15) is 52.4 Å². The number of nitrogens with one attached hydrogen (secondary N) is 2. The molecule has 0 amide bonds. The molecule has 142 valence electrons. The number of carbonyl (C=O) groups excluding carboxylic acids is 1. The molecule has 0 fully saturated rings. The highest BCUT2D eigenvalue weighted by Crippen LogP contribution is 2.38. The highest BCUT2D eigenvalue weighted by Gasteiger charge is 2.24. The first-order valence-electron chi connectivity index (χ1n) is 9.47. The molecular formula is C21H24N2O3S. The van der Waals surface area contributed by atoms with Crippen LogP contribution in [0.2, 0.25) is 0 Å². The largest absolute Gasteiger partial charge is 0.371 e. The van der Waals surface area contributed by atoms with Gasteiger partial charge in [0.2, 0.25) is 10.0 Å². The number of fused-ring (bicyclic) bond motifs is 2. The topological polar surface area (TPSA) is 75.3 Å². The number of ketones is 1. The quantitative estimate of drug-likeness (QED) is 0.592. The third-order valence-electron chi connectivity index (χ3n) is 5.57. The van der Waals surface area contributed by atoms with E-state index in [-0.39, 0.29) is 17.3 Å². The van der Waals surface area contributed by atoms with Gasteiger partial charge in [-0.05, 0) is 79.8 Å². The first kappa shape index (κ1) is 18.2.